The number of esters is 3. The fraction of sp³-hybridized carbons (Fsp3) is 0.174. The lowest BCUT2D eigenvalue weighted by atomic mass is 9.86. The van der Waals surface area contributed by atoms with Crippen molar-refractivity contribution >= 4 is 58.2 Å². The maximum absolute atomic E-state index is 14.2. The predicted octanol–water partition coefficient (Wildman–Crippen LogP) is 9.06. The molecule has 8 rings (SSSR count). The molecule has 59 heavy (non-hydrogen) atoms. The third-order valence-electron chi connectivity index (χ3n) is 10.2. The van der Waals surface area contributed by atoms with Crippen LogP contribution in [0.5, 0.6) is 0 Å². The number of nitrogens with zero attached hydrogens (tertiary/aromatic N) is 4. The lowest BCUT2D eigenvalue weighted by Gasteiger charge is -2.46. The number of ether oxygens (including phenoxy) is 4. The Morgan fingerprint density at radius 1 is 0.695 bits per heavy atom. The fourth-order valence-electron chi connectivity index (χ4n) is 7.33. The number of aliphatic imine (C=N–C) groups is 1. The van der Waals surface area contributed by atoms with Crippen molar-refractivity contribution in [2.24, 2.45) is 4.99 Å². The van der Waals surface area contributed by atoms with Crippen LogP contribution in [-0.2, 0) is 24.5 Å². The molecule has 4 heterocycles. The lowest BCUT2D eigenvalue weighted by molar-refractivity contribution is -0.0461. The van der Waals surface area contributed by atoms with E-state index >= 15 is 0 Å². The van der Waals surface area contributed by atoms with Crippen molar-refractivity contribution in [2.45, 2.75) is 43.4 Å². The van der Waals surface area contributed by atoms with Crippen molar-refractivity contribution in [1.29, 1.82) is 0 Å². The molecule has 2 aromatic heterocycles. The van der Waals surface area contributed by atoms with Gasteiger partial charge in [0, 0.05) is 18.8 Å². The summed E-state index contributed by atoms with van der Waals surface area (Å²) in [4.78, 5) is 58.0. The van der Waals surface area contributed by atoms with Crippen LogP contribution in [0.4, 0.5) is 11.4 Å². The summed E-state index contributed by atoms with van der Waals surface area (Å²) in [5, 5.41) is 0.460. The summed E-state index contributed by atoms with van der Waals surface area (Å²) in [5.74, 6) is -2.04. The number of carbonyl (C=O) groups excluding carboxylic acids is 3. The summed E-state index contributed by atoms with van der Waals surface area (Å²) in [6, 6.07) is 39.7. The Morgan fingerprint density at radius 3 is 1.81 bits per heavy atom. The number of aromatic nitrogens is 2. The molecule has 13 heteroatoms. The minimum atomic E-state index is -1.35. The molecular weight excluding hydrogens is 791 g/mol. The first kappa shape index (κ1) is 39.4. The van der Waals surface area contributed by atoms with E-state index in [2.05, 4.69) is 4.98 Å². The molecule has 1 saturated heterocycles. The number of anilines is 1. The molecule has 11 nitrogen and oxygen atoms in total. The van der Waals surface area contributed by atoms with E-state index in [1.165, 1.54) is 0 Å². The van der Waals surface area contributed by atoms with Crippen LogP contribution in [-0.4, -0.2) is 64.7 Å². The topological polar surface area (TPSA) is 130 Å². The Kier molecular flexibility index (Phi) is 11.5. The van der Waals surface area contributed by atoms with Crippen LogP contribution in [0.2, 0.25) is 10.0 Å². The summed E-state index contributed by atoms with van der Waals surface area (Å²) in [7, 11) is 0. The first-order valence-electron chi connectivity index (χ1n) is 18.8. The number of pyridine rings is 2. The highest BCUT2D eigenvalue weighted by Crippen LogP contribution is 2.50. The van der Waals surface area contributed by atoms with E-state index in [1.807, 2.05) is 42.2 Å². The zero-order valence-electron chi connectivity index (χ0n) is 31.6. The maximum Gasteiger partial charge on any atom is 0.338 e. The standard InChI is InChI=1S/C46H36Cl2N4O7/c1-46(39-22-12-14-24-50-39)27-36(34-21-11-13-23-49-34)51-35-25-32(47)33(48)26-37(35)52(46)42-41(59-45(55)31-19-9-4-10-20-31)40(58-44(54)30-17-7-3-8-18-30)38(57-42)28-56-43(53)29-15-5-2-6-16-29/h2-26,38,40-42H,27-28H2,1H3/t38-,40-,41-,42-,46?/m1/s1. The number of hydrogen-bond acceptors (Lipinski definition) is 11. The molecule has 0 saturated carbocycles. The summed E-state index contributed by atoms with van der Waals surface area (Å²) in [6.07, 6.45) is -1.52. The van der Waals surface area contributed by atoms with Gasteiger partial charge in [-0.15, -0.1) is 0 Å². The Balaban J connectivity index is 1.30. The Labute approximate surface area is 350 Å². The third-order valence-corrected chi connectivity index (χ3v) is 10.9. The summed E-state index contributed by atoms with van der Waals surface area (Å²) < 4.78 is 25.5. The van der Waals surface area contributed by atoms with Crippen LogP contribution >= 0.6 is 23.2 Å². The summed E-state index contributed by atoms with van der Waals surface area (Å²) in [5.41, 5.74) is 2.29. The van der Waals surface area contributed by atoms with Gasteiger partial charge in [-0.25, -0.2) is 19.4 Å². The molecule has 0 bridgehead atoms. The number of carbonyl (C=O) groups is 3. The number of fused-ring (bicyclic) bond motifs is 1. The van der Waals surface area contributed by atoms with Crippen LogP contribution in [0.15, 0.2) is 157 Å². The predicted molar refractivity (Wildman–Crippen MR) is 222 cm³/mol. The van der Waals surface area contributed by atoms with E-state index in [0.29, 0.717) is 34.0 Å². The first-order chi connectivity index (χ1) is 28.7. The molecule has 2 aliphatic rings. The fourth-order valence-corrected chi connectivity index (χ4v) is 7.65. The van der Waals surface area contributed by atoms with Crippen molar-refractivity contribution in [3.05, 3.63) is 190 Å². The van der Waals surface area contributed by atoms with Gasteiger partial charge in [-0.05, 0) is 79.7 Å². The van der Waals surface area contributed by atoms with Crippen LogP contribution < -0.4 is 4.90 Å². The van der Waals surface area contributed by atoms with Gasteiger partial charge in [0.15, 0.2) is 18.4 Å². The Bertz CT molecular complexity index is 2480. The molecule has 0 N–H and O–H groups in total. The van der Waals surface area contributed by atoms with Gasteiger partial charge in [-0.1, -0.05) is 89.9 Å². The maximum atomic E-state index is 14.2. The third kappa shape index (κ3) is 8.31. The molecule has 5 atom stereocenters. The number of halogens is 2. The molecule has 0 aliphatic carbocycles. The van der Waals surface area contributed by atoms with Gasteiger partial charge in [-0.3, -0.25) is 9.97 Å². The molecule has 0 amide bonds. The molecule has 0 spiro atoms. The van der Waals surface area contributed by atoms with Gasteiger partial charge in [0.1, 0.15) is 12.7 Å². The van der Waals surface area contributed by atoms with Crippen LogP contribution in [0.3, 0.4) is 0 Å². The van der Waals surface area contributed by atoms with Gasteiger partial charge in [0.2, 0.25) is 0 Å². The molecule has 296 valence electrons. The zero-order chi connectivity index (χ0) is 40.9. The summed E-state index contributed by atoms with van der Waals surface area (Å²) >= 11 is 13.5. The largest absolute Gasteiger partial charge is 0.459 e. The highest BCUT2D eigenvalue weighted by Gasteiger charge is 2.57. The van der Waals surface area contributed by atoms with Gasteiger partial charge in [-0.2, -0.15) is 0 Å². The molecule has 1 unspecified atom stereocenters. The van der Waals surface area contributed by atoms with Gasteiger partial charge < -0.3 is 23.8 Å². The number of benzene rings is 4. The normalized spacial score (nSPS) is 21.1. The zero-order valence-corrected chi connectivity index (χ0v) is 33.1. The number of hydrogen-bond donors (Lipinski definition) is 0. The van der Waals surface area contributed by atoms with E-state index < -0.39 is 48.0 Å². The highest BCUT2D eigenvalue weighted by atomic mass is 35.5. The lowest BCUT2D eigenvalue weighted by Crippen LogP contribution is -2.56. The van der Waals surface area contributed by atoms with Gasteiger partial charge >= 0.3 is 17.9 Å². The molecule has 2 aliphatic heterocycles. The second kappa shape index (κ2) is 17.2. The Morgan fingerprint density at radius 2 is 1.24 bits per heavy atom. The van der Waals surface area contributed by atoms with Gasteiger partial charge in [0.25, 0.3) is 0 Å². The average molecular weight is 828 g/mol. The number of rotatable bonds is 10. The van der Waals surface area contributed by atoms with Crippen molar-refractivity contribution in [1.82, 2.24) is 9.97 Å². The Hall–Kier alpha value is -6.40. The first-order valence-corrected chi connectivity index (χ1v) is 19.5. The van der Waals surface area contributed by atoms with Crippen LogP contribution in [0.1, 0.15) is 55.8 Å². The highest BCUT2D eigenvalue weighted by molar-refractivity contribution is 6.42. The average Bonchev–Trinajstić information content (AvgIpc) is 3.53. The minimum absolute atomic E-state index is 0.201. The second-order valence-electron chi connectivity index (χ2n) is 14.1. The van der Waals surface area contributed by atoms with Crippen molar-refractivity contribution in [3.8, 4) is 0 Å². The van der Waals surface area contributed by atoms with Gasteiger partial charge in [0.05, 0.1) is 60.7 Å². The SMILES string of the molecule is CC1(c2ccccn2)CC(c2ccccn2)=Nc2cc(Cl)c(Cl)cc2N1[C@@H]1O[C@H](COC(=O)c2ccccc2)[C@@H](OC(=O)c2ccccc2)[C@H]1OC(=O)c1ccccc1. The van der Waals surface area contributed by atoms with Crippen molar-refractivity contribution in [2.75, 3.05) is 11.5 Å². The second-order valence-corrected chi connectivity index (χ2v) is 14.9. The quantitative estimate of drug-likeness (QED) is 0.0975. The van der Waals surface area contributed by atoms with E-state index in [-0.39, 0.29) is 34.2 Å². The minimum Gasteiger partial charge on any atom is -0.459 e. The van der Waals surface area contributed by atoms with E-state index in [9.17, 15) is 14.4 Å². The molecule has 1 fully saturated rings. The molecule has 6 aromatic rings. The molecular formula is C46H36Cl2N4O7. The van der Waals surface area contributed by atoms with Crippen molar-refractivity contribution < 1.29 is 33.3 Å². The van der Waals surface area contributed by atoms with Crippen molar-refractivity contribution in [3.63, 3.8) is 0 Å². The van der Waals surface area contributed by atoms with Crippen LogP contribution in [0, 0.1) is 0 Å². The summed E-state index contributed by atoms with van der Waals surface area (Å²) in [6.45, 7) is 1.58. The van der Waals surface area contributed by atoms with E-state index in [4.69, 9.17) is 52.1 Å². The smallest absolute Gasteiger partial charge is 0.338 e. The molecule has 4 aromatic carbocycles. The van der Waals surface area contributed by atoms with Crippen LogP contribution in [0.25, 0.3) is 0 Å². The van der Waals surface area contributed by atoms with E-state index in [0.717, 1.165) is 0 Å². The van der Waals surface area contributed by atoms with E-state index in [1.54, 1.807) is 122 Å². The monoisotopic (exact) mass is 826 g/mol. The molecule has 0 radical (unpaired) electrons.